The number of hydrazone groups is 1. The van der Waals surface area contributed by atoms with Gasteiger partial charge in [-0.3, -0.25) is 10.2 Å². The minimum absolute atomic E-state index is 0.148. The Morgan fingerprint density at radius 3 is 2.68 bits per heavy atom. The second-order valence-corrected chi connectivity index (χ2v) is 5.38. The first-order valence-electron chi connectivity index (χ1n) is 7.26. The number of nitrogens with zero attached hydrogens (tertiary/aromatic N) is 2. The molecule has 0 aliphatic heterocycles. The van der Waals surface area contributed by atoms with Crippen molar-refractivity contribution in [3.63, 3.8) is 0 Å². The van der Waals surface area contributed by atoms with Gasteiger partial charge in [-0.05, 0) is 24.3 Å². The number of ether oxygens (including phenoxy) is 1. The lowest BCUT2D eigenvalue weighted by Crippen LogP contribution is -2.28. The topological polar surface area (TPSA) is 96.4 Å². The van der Waals surface area contributed by atoms with Crippen LogP contribution < -0.4 is 11.0 Å². The zero-order valence-corrected chi connectivity index (χ0v) is 13.9. The molecule has 25 heavy (non-hydrogen) atoms. The molecule has 0 radical (unpaired) electrons. The summed E-state index contributed by atoms with van der Waals surface area (Å²) in [5, 5.41) is 4.40. The van der Waals surface area contributed by atoms with Gasteiger partial charge in [-0.2, -0.15) is 5.10 Å². The highest BCUT2D eigenvalue weighted by molar-refractivity contribution is 6.43. The van der Waals surface area contributed by atoms with Gasteiger partial charge in [0.2, 0.25) is 0 Å². The van der Waals surface area contributed by atoms with E-state index >= 15 is 0 Å². The van der Waals surface area contributed by atoms with Gasteiger partial charge in [-0.25, -0.2) is 9.78 Å². The van der Waals surface area contributed by atoms with E-state index in [0.717, 1.165) is 0 Å². The largest absolute Gasteiger partial charge is 0.464 e. The van der Waals surface area contributed by atoms with Gasteiger partial charge in [-0.15, -0.1) is 0 Å². The normalized spacial score (nSPS) is 11.4. The molecule has 7 nitrogen and oxygen atoms in total. The number of fused-ring (bicyclic) bond motifs is 1. The zero-order chi connectivity index (χ0) is 17.8. The summed E-state index contributed by atoms with van der Waals surface area (Å²) in [6.07, 6.45) is 0. The summed E-state index contributed by atoms with van der Waals surface area (Å²) in [5.41, 5.74) is 3.26. The molecule has 0 amide bonds. The Kier molecular flexibility index (Phi) is 4.76. The van der Waals surface area contributed by atoms with Crippen molar-refractivity contribution in [1.82, 2.24) is 9.97 Å². The van der Waals surface area contributed by atoms with Gasteiger partial charge in [0.25, 0.3) is 5.56 Å². The number of hydrogen-bond acceptors (Lipinski definition) is 6. The fraction of sp³-hybridized carbons (Fsp3) is 0.0588. The fourth-order valence-electron chi connectivity index (χ4n) is 2.15. The van der Waals surface area contributed by atoms with Gasteiger partial charge < -0.3 is 9.72 Å². The molecule has 2 aromatic carbocycles. The third kappa shape index (κ3) is 3.51. The fourth-order valence-corrected chi connectivity index (χ4v) is 2.33. The van der Waals surface area contributed by atoms with Crippen LogP contribution in [0.1, 0.15) is 5.69 Å². The van der Waals surface area contributed by atoms with E-state index in [9.17, 15) is 9.59 Å². The van der Waals surface area contributed by atoms with Crippen molar-refractivity contribution < 1.29 is 9.53 Å². The number of H-pyrrole nitrogens is 1. The lowest BCUT2D eigenvalue weighted by Gasteiger charge is -2.07. The van der Waals surface area contributed by atoms with Crippen LogP contribution in [0.3, 0.4) is 0 Å². The van der Waals surface area contributed by atoms with E-state index in [1.54, 1.807) is 48.5 Å². The molecule has 2 N–H and O–H groups in total. The number of aromatic amines is 1. The Labute approximate surface area is 147 Å². The highest BCUT2D eigenvalue weighted by Gasteiger charge is 2.21. The van der Waals surface area contributed by atoms with Crippen LogP contribution in [0.25, 0.3) is 11.0 Å². The number of nitrogens with one attached hydrogen (secondary N) is 2. The lowest BCUT2D eigenvalue weighted by atomic mass is 10.2. The monoisotopic (exact) mass is 356 g/mol. The first-order chi connectivity index (χ1) is 12.1. The minimum Gasteiger partial charge on any atom is -0.464 e. The Morgan fingerprint density at radius 1 is 1.20 bits per heavy atom. The quantitative estimate of drug-likeness (QED) is 0.425. The Balaban J connectivity index is 2.09. The maximum absolute atomic E-state index is 12.3. The average molecular weight is 357 g/mol. The third-order valence-electron chi connectivity index (χ3n) is 3.36. The summed E-state index contributed by atoms with van der Waals surface area (Å²) in [7, 11) is 1.20. The number of esters is 1. The molecule has 0 saturated heterocycles. The number of methoxy groups -OCH3 is 1. The highest BCUT2D eigenvalue weighted by Crippen LogP contribution is 2.20. The number of carbonyl (C=O) groups is 1. The van der Waals surface area contributed by atoms with Gasteiger partial charge in [-0.1, -0.05) is 35.9 Å². The summed E-state index contributed by atoms with van der Waals surface area (Å²) in [5.74, 6) is -0.798. The van der Waals surface area contributed by atoms with E-state index in [1.165, 1.54) is 7.11 Å². The molecular formula is C17H13ClN4O3. The van der Waals surface area contributed by atoms with Gasteiger partial charge in [0.05, 0.1) is 28.9 Å². The molecule has 1 heterocycles. The van der Waals surface area contributed by atoms with Crippen molar-refractivity contribution in [3.8, 4) is 0 Å². The number of hydrogen-bond donors (Lipinski definition) is 2. The first kappa shape index (κ1) is 16.7. The molecule has 0 saturated carbocycles. The summed E-state index contributed by atoms with van der Waals surface area (Å²) >= 11 is 6.05. The molecule has 8 heteroatoms. The number of aromatic nitrogens is 2. The van der Waals surface area contributed by atoms with Gasteiger partial charge >= 0.3 is 5.97 Å². The van der Waals surface area contributed by atoms with Gasteiger partial charge in [0.15, 0.2) is 11.4 Å². The van der Waals surface area contributed by atoms with E-state index in [2.05, 4.69) is 20.5 Å². The van der Waals surface area contributed by atoms with E-state index in [-0.39, 0.29) is 11.4 Å². The third-order valence-corrected chi connectivity index (χ3v) is 3.69. The number of benzene rings is 2. The summed E-state index contributed by atoms with van der Waals surface area (Å²) in [4.78, 5) is 31.3. The predicted molar refractivity (Wildman–Crippen MR) is 96.0 cm³/mol. The Bertz CT molecular complexity index is 1030. The maximum atomic E-state index is 12.3. The molecule has 0 fully saturated rings. The smallest absolute Gasteiger partial charge is 0.360 e. The number of para-hydroxylation sites is 3. The first-order valence-corrected chi connectivity index (χ1v) is 7.64. The Morgan fingerprint density at radius 2 is 1.92 bits per heavy atom. The van der Waals surface area contributed by atoms with Crippen LogP contribution >= 0.6 is 11.6 Å². The van der Waals surface area contributed by atoms with Crippen LogP contribution in [0.4, 0.5) is 5.69 Å². The molecule has 126 valence electrons. The average Bonchev–Trinajstić information content (AvgIpc) is 2.63. The van der Waals surface area contributed by atoms with Crippen LogP contribution in [0, 0.1) is 0 Å². The van der Waals surface area contributed by atoms with Crippen LogP contribution in [-0.4, -0.2) is 28.8 Å². The van der Waals surface area contributed by atoms with Gasteiger partial charge in [0, 0.05) is 0 Å². The predicted octanol–water partition coefficient (Wildman–Crippen LogP) is 2.57. The molecule has 0 bridgehead atoms. The molecule has 0 spiro atoms. The number of carbonyl (C=O) groups excluding carboxylic acids is 1. The van der Waals surface area contributed by atoms with E-state index in [1.807, 2.05) is 0 Å². The molecule has 0 atom stereocenters. The van der Waals surface area contributed by atoms with Crippen molar-refractivity contribution in [2.45, 2.75) is 0 Å². The summed E-state index contributed by atoms with van der Waals surface area (Å²) < 4.78 is 4.72. The van der Waals surface area contributed by atoms with Gasteiger partial charge in [0.1, 0.15) is 0 Å². The summed E-state index contributed by atoms with van der Waals surface area (Å²) in [6.45, 7) is 0. The second kappa shape index (κ2) is 7.14. The highest BCUT2D eigenvalue weighted by atomic mass is 35.5. The SMILES string of the molecule is COC(=O)/C(=N\Nc1ccccc1Cl)c1nc2ccccc2[nH]c1=O. The molecule has 3 rings (SSSR count). The van der Waals surface area contributed by atoms with Crippen LogP contribution in [0.15, 0.2) is 58.4 Å². The van der Waals surface area contributed by atoms with E-state index < -0.39 is 11.5 Å². The molecule has 3 aromatic rings. The second-order valence-electron chi connectivity index (χ2n) is 4.98. The van der Waals surface area contributed by atoms with Crippen molar-refractivity contribution in [3.05, 3.63) is 69.6 Å². The van der Waals surface area contributed by atoms with Crippen LogP contribution in [-0.2, 0) is 9.53 Å². The van der Waals surface area contributed by atoms with E-state index in [0.29, 0.717) is 21.7 Å². The minimum atomic E-state index is -0.798. The zero-order valence-electron chi connectivity index (χ0n) is 13.1. The van der Waals surface area contributed by atoms with E-state index in [4.69, 9.17) is 16.3 Å². The lowest BCUT2D eigenvalue weighted by molar-refractivity contribution is -0.132. The van der Waals surface area contributed by atoms with Crippen molar-refractivity contribution in [1.29, 1.82) is 0 Å². The number of anilines is 1. The van der Waals surface area contributed by atoms with Crippen LogP contribution in [0.5, 0.6) is 0 Å². The molecule has 0 aliphatic rings. The van der Waals surface area contributed by atoms with Crippen molar-refractivity contribution >= 4 is 40.0 Å². The standard InChI is InChI=1S/C17H13ClN4O3/c1-25-17(24)15(22-21-11-7-3-2-6-10(11)18)14-16(23)20-13-9-5-4-8-12(13)19-14/h2-9,21H,1H3,(H,20,23)/b22-15-. The molecule has 1 aromatic heterocycles. The summed E-state index contributed by atoms with van der Waals surface area (Å²) in [6, 6.07) is 13.8. The molecular weight excluding hydrogens is 344 g/mol. The number of halogens is 1. The molecule has 0 aliphatic carbocycles. The number of rotatable bonds is 4. The Hall–Kier alpha value is -3.19. The van der Waals surface area contributed by atoms with Crippen molar-refractivity contribution in [2.24, 2.45) is 5.10 Å². The van der Waals surface area contributed by atoms with Crippen molar-refractivity contribution in [2.75, 3.05) is 12.5 Å². The van der Waals surface area contributed by atoms with Crippen LogP contribution in [0.2, 0.25) is 5.02 Å². The molecule has 0 unspecified atom stereocenters. The maximum Gasteiger partial charge on any atom is 0.360 e.